The van der Waals surface area contributed by atoms with Crippen molar-refractivity contribution in [2.75, 3.05) is 11.5 Å². The molecular formula is C9H18N4S. The van der Waals surface area contributed by atoms with Gasteiger partial charge in [-0.2, -0.15) is 11.8 Å². The maximum absolute atomic E-state index is 5.42. The minimum absolute atomic E-state index is 0.518. The average Bonchev–Trinajstić information content (AvgIpc) is 3.02. The minimum Gasteiger partial charge on any atom is -0.352 e. The van der Waals surface area contributed by atoms with Gasteiger partial charge < -0.3 is 5.32 Å². The molecular weight excluding hydrogens is 196 g/mol. The molecule has 1 unspecified atom stereocenters. The molecule has 80 valence electrons. The average molecular weight is 214 g/mol. The van der Waals surface area contributed by atoms with Crippen molar-refractivity contribution in [3.05, 3.63) is 0 Å². The zero-order valence-electron chi connectivity index (χ0n) is 8.33. The quantitative estimate of drug-likeness (QED) is 0.270. The zero-order chi connectivity index (χ0) is 9.80. The fraction of sp³-hybridized carbons (Fsp3) is 0.889. The predicted molar refractivity (Wildman–Crippen MR) is 61.3 cm³/mol. The van der Waals surface area contributed by atoms with Gasteiger partial charge in [-0.05, 0) is 31.4 Å². The number of thioether (sulfide) groups is 1. The Hall–Kier alpha value is -0.420. The van der Waals surface area contributed by atoms with Crippen molar-refractivity contribution >= 4 is 17.7 Å². The highest BCUT2D eigenvalue weighted by molar-refractivity contribution is 7.99. The number of nitrogens with two attached hydrogens (primary N) is 1. The largest absolute Gasteiger partial charge is 0.352 e. The third-order valence-corrected chi connectivity index (χ3v) is 3.71. The number of nitrogens with one attached hydrogen (secondary N) is 2. The maximum Gasteiger partial charge on any atom is 0.206 e. The van der Waals surface area contributed by atoms with Crippen LogP contribution in [0.25, 0.3) is 0 Å². The Balaban J connectivity index is 1.80. The van der Waals surface area contributed by atoms with Crippen LogP contribution in [0.3, 0.4) is 0 Å². The summed E-state index contributed by atoms with van der Waals surface area (Å²) >= 11 is 2.00. The molecule has 2 aliphatic rings. The van der Waals surface area contributed by atoms with Gasteiger partial charge in [0.05, 0.1) is 6.04 Å². The molecule has 5 heteroatoms. The Morgan fingerprint density at radius 1 is 1.36 bits per heavy atom. The number of nitrogens with zero attached hydrogens (tertiary/aromatic N) is 1. The van der Waals surface area contributed by atoms with Gasteiger partial charge in [0.25, 0.3) is 0 Å². The molecule has 0 amide bonds. The number of hydrogen-bond donors (Lipinski definition) is 3. The predicted octanol–water partition coefficient (Wildman–Crippen LogP) is 0.453. The van der Waals surface area contributed by atoms with Crippen molar-refractivity contribution in [1.82, 2.24) is 10.7 Å². The molecule has 4 nitrogen and oxygen atoms in total. The highest BCUT2D eigenvalue weighted by Crippen LogP contribution is 2.23. The van der Waals surface area contributed by atoms with Crippen LogP contribution in [0, 0.1) is 0 Å². The van der Waals surface area contributed by atoms with Crippen LogP contribution in [0.15, 0.2) is 4.99 Å². The van der Waals surface area contributed by atoms with Crippen molar-refractivity contribution < 1.29 is 0 Å². The van der Waals surface area contributed by atoms with Crippen molar-refractivity contribution in [1.29, 1.82) is 0 Å². The fourth-order valence-electron chi connectivity index (χ4n) is 1.55. The van der Waals surface area contributed by atoms with Gasteiger partial charge in [0.15, 0.2) is 0 Å². The lowest BCUT2D eigenvalue weighted by molar-refractivity contribution is 0.582. The summed E-state index contributed by atoms with van der Waals surface area (Å²) in [5.74, 6) is 8.66. The summed E-state index contributed by atoms with van der Waals surface area (Å²) in [6.45, 7) is 0. The molecule has 0 aromatic heterocycles. The first-order chi connectivity index (χ1) is 6.88. The first-order valence-electron chi connectivity index (χ1n) is 5.27. The molecule has 0 aromatic rings. The lowest BCUT2D eigenvalue weighted by Gasteiger charge is -2.23. The Kier molecular flexibility index (Phi) is 3.53. The lowest BCUT2D eigenvalue weighted by atomic mass is 10.2. The molecule has 1 saturated heterocycles. The van der Waals surface area contributed by atoms with E-state index < -0.39 is 0 Å². The molecule has 1 saturated carbocycles. The maximum atomic E-state index is 5.42. The van der Waals surface area contributed by atoms with Gasteiger partial charge in [-0.3, -0.25) is 5.43 Å². The molecule has 1 aliphatic carbocycles. The fourth-order valence-corrected chi connectivity index (χ4v) is 2.62. The molecule has 2 fully saturated rings. The molecule has 4 N–H and O–H groups in total. The van der Waals surface area contributed by atoms with Gasteiger partial charge in [-0.15, -0.1) is 0 Å². The molecule has 1 heterocycles. The van der Waals surface area contributed by atoms with Gasteiger partial charge in [-0.25, -0.2) is 10.8 Å². The number of aliphatic imine (C=N–C) groups is 1. The Bertz CT molecular complexity index is 209. The molecule has 1 aliphatic heterocycles. The van der Waals surface area contributed by atoms with Crippen LogP contribution in [-0.2, 0) is 0 Å². The second kappa shape index (κ2) is 4.89. The van der Waals surface area contributed by atoms with Crippen LogP contribution in [0.1, 0.15) is 25.7 Å². The number of rotatable bonds is 2. The van der Waals surface area contributed by atoms with Gasteiger partial charge in [0.1, 0.15) is 0 Å². The number of hydrogen-bond acceptors (Lipinski definition) is 3. The van der Waals surface area contributed by atoms with E-state index in [2.05, 4.69) is 15.7 Å². The minimum atomic E-state index is 0.518. The second-order valence-corrected chi connectivity index (χ2v) is 5.06. The number of guanidine groups is 1. The molecule has 14 heavy (non-hydrogen) atoms. The summed E-state index contributed by atoms with van der Waals surface area (Å²) in [7, 11) is 0. The van der Waals surface area contributed by atoms with E-state index in [0.717, 1.165) is 5.96 Å². The highest BCUT2D eigenvalue weighted by atomic mass is 32.2. The van der Waals surface area contributed by atoms with Crippen LogP contribution in [-0.4, -0.2) is 29.5 Å². The van der Waals surface area contributed by atoms with Crippen LogP contribution in [0.5, 0.6) is 0 Å². The van der Waals surface area contributed by atoms with E-state index >= 15 is 0 Å². The zero-order valence-corrected chi connectivity index (χ0v) is 9.15. The van der Waals surface area contributed by atoms with Crippen molar-refractivity contribution in [3.63, 3.8) is 0 Å². The molecule has 0 bridgehead atoms. The van der Waals surface area contributed by atoms with E-state index in [0.29, 0.717) is 12.1 Å². The first-order valence-corrected chi connectivity index (χ1v) is 6.42. The second-order valence-electron chi connectivity index (χ2n) is 3.91. The van der Waals surface area contributed by atoms with Gasteiger partial charge in [0.2, 0.25) is 5.96 Å². The monoisotopic (exact) mass is 214 g/mol. The van der Waals surface area contributed by atoms with E-state index in [1.807, 2.05) is 11.8 Å². The van der Waals surface area contributed by atoms with E-state index in [4.69, 9.17) is 5.84 Å². The van der Waals surface area contributed by atoms with E-state index in [1.54, 1.807) is 0 Å². The van der Waals surface area contributed by atoms with Crippen LogP contribution in [0.4, 0.5) is 0 Å². The topological polar surface area (TPSA) is 62.4 Å². The molecule has 2 rings (SSSR count). The van der Waals surface area contributed by atoms with Crippen molar-refractivity contribution in [3.8, 4) is 0 Å². The van der Waals surface area contributed by atoms with Crippen LogP contribution in [0.2, 0.25) is 0 Å². The number of hydrazine groups is 1. The van der Waals surface area contributed by atoms with Crippen molar-refractivity contribution in [2.24, 2.45) is 10.8 Å². The Morgan fingerprint density at radius 3 is 2.79 bits per heavy atom. The van der Waals surface area contributed by atoms with Gasteiger partial charge in [0, 0.05) is 11.8 Å². The van der Waals surface area contributed by atoms with E-state index in [9.17, 15) is 0 Å². The molecule has 0 aromatic carbocycles. The molecule has 1 atom stereocenters. The summed E-state index contributed by atoms with van der Waals surface area (Å²) in [6, 6.07) is 1.06. The highest BCUT2D eigenvalue weighted by Gasteiger charge is 2.22. The summed E-state index contributed by atoms with van der Waals surface area (Å²) in [5.41, 5.74) is 2.65. The van der Waals surface area contributed by atoms with Crippen molar-refractivity contribution in [2.45, 2.75) is 37.8 Å². The smallest absolute Gasteiger partial charge is 0.206 e. The lowest BCUT2D eigenvalue weighted by Crippen LogP contribution is -2.48. The Labute approximate surface area is 89.1 Å². The standard InChI is InChI=1S/C9H18N4S/c10-13-9(11-7-3-4-7)12-8-2-1-5-14-6-8/h7-8H,1-6,10H2,(H2,11,12,13). The third-order valence-electron chi connectivity index (χ3n) is 2.50. The summed E-state index contributed by atoms with van der Waals surface area (Å²) in [4.78, 5) is 4.46. The first kappa shape index (κ1) is 10.1. The van der Waals surface area contributed by atoms with Crippen LogP contribution >= 0.6 is 11.8 Å². The Morgan fingerprint density at radius 2 is 2.21 bits per heavy atom. The van der Waals surface area contributed by atoms with Gasteiger partial charge in [-0.1, -0.05) is 0 Å². The van der Waals surface area contributed by atoms with Gasteiger partial charge >= 0.3 is 0 Å². The third kappa shape index (κ3) is 3.06. The summed E-state index contributed by atoms with van der Waals surface area (Å²) in [5, 5.41) is 3.37. The normalized spacial score (nSPS) is 28.6. The van der Waals surface area contributed by atoms with E-state index in [1.165, 1.54) is 37.2 Å². The molecule has 0 spiro atoms. The molecule has 0 radical (unpaired) electrons. The summed E-state index contributed by atoms with van der Waals surface area (Å²) in [6.07, 6.45) is 4.96. The van der Waals surface area contributed by atoms with E-state index in [-0.39, 0.29) is 0 Å². The summed E-state index contributed by atoms with van der Waals surface area (Å²) < 4.78 is 0. The van der Waals surface area contributed by atoms with Crippen LogP contribution < -0.4 is 16.6 Å². The SMILES string of the molecule is NNC(=NC1CC1)NC1CCCSC1.